The number of hydrogen-bond donors (Lipinski definition) is 2. The van der Waals surface area contributed by atoms with E-state index in [0.717, 1.165) is 26.6 Å². The van der Waals surface area contributed by atoms with E-state index in [1.54, 1.807) is 44.3 Å². The van der Waals surface area contributed by atoms with Crippen LogP contribution in [-0.4, -0.2) is 25.9 Å². The SMILES string of the molecule is CCNC(=O)c1ccc(Sc2ccc(NS(=O)(=O)c3c(C)cc(C)cc3C)cc2)nc1. The lowest BCUT2D eigenvalue weighted by molar-refractivity contribution is 0.0955. The second-order valence-corrected chi connectivity index (χ2v) is 9.92. The van der Waals surface area contributed by atoms with Gasteiger partial charge in [-0.05, 0) is 75.2 Å². The van der Waals surface area contributed by atoms with Crippen LogP contribution in [-0.2, 0) is 10.0 Å². The van der Waals surface area contributed by atoms with Crippen molar-refractivity contribution in [1.29, 1.82) is 0 Å². The summed E-state index contributed by atoms with van der Waals surface area (Å²) in [6.45, 7) is 7.98. The molecule has 0 aliphatic carbocycles. The zero-order valence-electron chi connectivity index (χ0n) is 17.9. The summed E-state index contributed by atoms with van der Waals surface area (Å²) >= 11 is 1.43. The average Bonchev–Trinajstić information content (AvgIpc) is 2.69. The third-order valence-corrected chi connectivity index (χ3v) is 7.18. The number of aryl methyl sites for hydroxylation is 3. The molecular formula is C23H25N3O3S2. The first-order chi connectivity index (χ1) is 14.7. The van der Waals surface area contributed by atoms with Crippen LogP contribution in [0.2, 0.25) is 0 Å². The Bertz CT molecular complexity index is 1170. The summed E-state index contributed by atoms with van der Waals surface area (Å²) in [5, 5.41) is 3.48. The van der Waals surface area contributed by atoms with Gasteiger partial charge in [0.25, 0.3) is 15.9 Å². The van der Waals surface area contributed by atoms with Gasteiger partial charge in [-0.3, -0.25) is 9.52 Å². The topological polar surface area (TPSA) is 88.2 Å². The van der Waals surface area contributed by atoms with E-state index in [-0.39, 0.29) is 5.91 Å². The highest BCUT2D eigenvalue weighted by atomic mass is 32.2. The van der Waals surface area contributed by atoms with Crippen LogP contribution in [0.5, 0.6) is 0 Å². The van der Waals surface area contributed by atoms with E-state index in [4.69, 9.17) is 0 Å². The molecule has 3 aromatic rings. The smallest absolute Gasteiger partial charge is 0.262 e. The number of sulfonamides is 1. The molecule has 0 saturated carbocycles. The summed E-state index contributed by atoms with van der Waals surface area (Å²) in [4.78, 5) is 17.3. The first-order valence-corrected chi connectivity index (χ1v) is 12.1. The van der Waals surface area contributed by atoms with Gasteiger partial charge in [0, 0.05) is 23.3 Å². The van der Waals surface area contributed by atoms with E-state index in [0.29, 0.717) is 22.7 Å². The molecule has 1 heterocycles. The van der Waals surface area contributed by atoms with Crippen molar-refractivity contribution in [3.63, 3.8) is 0 Å². The lowest BCUT2D eigenvalue weighted by atomic mass is 10.1. The van der Waals surface area contributed by atoms with Gasteiger partial charge in [-0.15, -0.1) is 0 Å². The molecule has 3 rings (SSSR count). The fraction of sp³-hybridized carbons (Fsp3) is 0.217. The number of anilines is 1. The summed E-state index contributed by atoms with van der Waals surface area (Å²) in [5.41, 5.74) is 3.47. The van der Waals surface area contributed by atoms with Crippen molar-refractivity contribution in [2.24, 2.45) is 0 Å². The minimum Gasteiger partial charge on any atom is -0.352 e. The molecule has 0 atom stereocenters. The average molecular weight is 456 g/mol. The van der Waals surface area contributed by atoms with Gasteiger partial charge in [0.05, 0.1) is 10.5 Å². The molecule has 0 fully saturated rings. The molecule has 2 aromatic carbocycles. The van der Waals surface area contributed by atoms with Crippen LogP contribution in [0.15, 0.2) is 69.5 Å². The molecule has 0 aliphatic heterocycles. The van der Waals surface area contributed by atoms with E-state index < -0.39 is 10.0 Å². The van der Waals surface area contributed by atoms with Crippen molar-refractivity contribution in [2.45, 2.75) is 42.5 Å². The molecular weight excluding hydrogens is 430 g/mol. The van der Waals surface area contributed by atoms with Crippen LogP contribution in [0.4, 0.5) is 5.69 Å². The predicted molar refractivity (Wildman–Crippen MR) is 124 cm³/mol. The van der Waals surface area contributed by atoms with Gasteiger partial charge in [-0.25, -0.2) is 13.4 Å². The standard InChI is InChI=1S/C23H25N3O3S2/c1-5-24-23(27)18-6-11-21(25-14-18)30-20-9-7-19(8-10-20)26-31(28,29)22-16(3)12-15(2)13-17(22)4/h6-14,26H,5H2,1-4H3,(H,24,27). The Labute approximate surface area is 187 Å². The number of amides is 1. The quantitative estimate of drug-likeness (QED) is 0.539. The molecule has 0 radical (unpaired) electrons. The number of hydrogen-bond acceptors (Lipinski definition) is 5. The maximum atomic E-state index is 12.9. The van der Waals surface area contributed by atoms with Crippen molar-refractivity contribution in [2.75, 3.05) is 11.3 Å². The number of nitrogens with one attached hydrogen (secondary N) is 2. The van der Waals surface area contributed by atoms with E-state index in [1.807, 2.05) is 38.1 Å². The van der Waals surface area contributed by atoms with Crippen LogP contribution < -0.4 is 10.0 Å². The molecule has 8 heteroatoms. The Morgan fingerprint density at radius 2 is 1.65 bits per heavy atom. The van der Waals surface area contributed by atoms with E-state index in [1.165, 1.54) is 11.8 Å². The Balaban J connectivity index is 1.71. The molecule has 31 heavy (non-hydrogen) atoms. The molecule has 162 valence electrons. The van der Waals surface area contributed by atoms with Crippen LogP contribution in [0.3, 0.4) is 0 Å². The minimum absolute atomic E-state index is 0.151. The minimum atomic E-state index is -3.69. The molecule has 0 bridgehead atoms. The Hall–Kier alpha value is -2.84. The lowest BCUT2D eigenvalue weighted by Crippen LogP contribution is -2.22. The monoisotopic (exact) mass is 455 g/mol. The second kappa shape index (κ2) is 9.53. The highest BCUT2D eigenvalue weighted by Gasteiger charge is 2.20. The number of carbonyl (C=O) groups excluding carboxylic acids is 1. The van der Waals surface area contributed by atoms with E-state index in [2.05, 4.69) is 15.0 Å². The maximum absolute atomic E-state index is 12.9. The van der Waals surface area contributed by atoms with Gasteiger partial charge in [-0.2, -0.15) is 0 Å². The van der Waals surface area contributed by atoms with Crippen molar-refractivity contribution >= 4 is 33.4 Å². The number of benzene rings is 2. The summed E-state index contributed by atoms with van der Waals surface area (Å²) in [5.74, 6) is -0.151. The van der Waals surface area contributed by atoms with Gasteiger partial charge >= 0.3 is 0 Å². The Morgan fingerprint density at radius 3 is 2.19 bits per heavy atom. The predicted octanol–water partition coefficient (Wildman–Crippen LogP) is 4.71. The summed E-state index contributed by atoms with van der Waals surface area (Å²) in [7, 11) is -3.69. The highest BCUT2D eigenvalue weighted by molar-refractivity contribution is 7.99. The van der Waals surface area contributed by atoms with Crippen LogP contribution in [0, 0.1) is 20.8 Å². The zero-order chi connectivity index (χ0) is 22.6. The third-order valence-electron chi connectivity index (χ3n) is 4.54. The van der Waals surface area contributed by atoms with Crippen molar-refractivity contribution < 1.29 is 13.2 Å². The number of carbonyl (C=O) groups is 1. The second-order valence-electron chi connectivity index (χ2n) is 7.20. The van der Waals surface area contributed by atoms with Gasteiger partial charge in [0.2, 0.25) is 0 Å². The van der Waals surface area contributed by atoms with Gasteiger partial charge in [0.15, 0.2) is 0 Å². The first-order valence-electron chi connectivity index (χ1n) is 9.82. The summed E-state index contributed by atoms with van der Waals surface area (Å²) in [6.07, 6.45) is 1.54. The molecule has 0 unspecified atom stereocenters. The van der Waals surface area contributed by atoms with Crippen molar-refractivity contribution in [3.8, 4) is 0 Å². The molecule has 0 aliphatic rings. The van der Waals surface area contributed by atoms with Crippen LogP contribution in [0.1, 0.15) is 34.0 Å². The van der Waals surface area contributed by atoms with Crippen molar-refractivity contribution in [1.82, 2.24) is 10.3 Å². The maximum Gasteiger partial charge on any atom is 0.262 e. The number of rotatable bonds is 7. The fourth-order valence-electron chi connectivity index (χ4n) is 3.35. The Morgan fingerprint density at radius 1 is 1.00 bits per heavy atom. The van der Waals surface area contributed by atoms with Gasteiger partial charge < -0.3 is 5.32 Å². The summed E-state index contributed by atoms with van der Waals surface area (Å²) in [6, 6.07) is 14.4. The van der Waals surface area contributed by atoms with Crippen LogP contribution >= 0.6 is 11.8 Å². The normalized spacial score (nSPS) is 11.2. The fourth-order valence-corrected chi connectivity index (χ4v) is 5.62. The van der Waals surface area contributed by atoms with Crippen molar-refractivity contribution in [3.05, 3.63) is 77.0 Å². The number of pyridine rings is 1. The highest BCUT2D eigenvalue weighted by Crippen LogP contribution is 2.29. The molecule has 0 spiro atoms. The molecule has 6 nitrogen and oxygen atoms in total. The van der Waals surface area contributed by atoms with E-state index in [9.17, 15) is 13.2 Å². The number of aromatic nitrogens is 1. The zero-order valence-corrected chi connectivity index (χ0v) is 19.5. The Kier molecular flexibility index (Phi) is 7.02. The molecule has 1 amide bonds. The lowest BCUT2D eigenvalue weighted by Gasteiger charge is -2.14. The molecule has 2 N–H and O–H groups in total. The summed E-state index contributed by atoms with van der Waals surface area (Å²) < 4.78 is 28.5. The third kappa shape index (κ3) is 5.65. The van der Waals surface area contributed by atoms with Crippen LogP contribution in [0.25, 0.3) is 0 Å². The van der Waals surface area contributed by atoms with Gasteiger partial charge in [-0.1, -0.05) is 29.5 Å². The van der Waals surface area contributed by atoms with E-state index >= 15 is 0 Å². The molecule has 0 saturated heterocycles. The van der Waals surface area contributed by atoms with Gasteiger partial charge in [0.1, 0.15) is 5.03 Å². The molecule has 1 aromatic heterocycles. The number of nitrogens with zero attached hydrogens (tertiary/aromatic N) is 1. The first kappa shape index (κ1) is 22.8. The largest absolute Gasteiger partial charge is 0.352 e.